The molecular weight excluding hydrogens is 296 g/mol. The van der Waals surface area contributed by atoms with Crippen molar-refractivity contribution in [3.63, 3.8) is 0 Å². The molecule has 0 saturated carbocycles. The van der Waals surface area contributed by atoms with Gasteiger partial charge in [0.2, 0.25) is 9.84 Å². The van der Waals surface area contributed by atoms with Gasteiger partial charge in [-0.25, -0.2) is 22.2 Å². The van der Waals surface area contributed by atoms with E-state index < -0.39 is 26.4 Å². The second-order valence-corrected chi connectivity index (χ2v) is 5.85. The number of nitrogens with zero attached hydrogens (tertiary/aromatic N) is 1. The number of halogens is 2. The van der Waals surface area contributed by atoms with Crippen LogP contribution in [-0.4, -0.2) is 18.4 Å². The lowest BCUT2D eigenvalue weighted by Crippen LogP contribution is -2.08. The third-order valence-corrected chi connectivity index (χ3v) is 4.28. The highest BCUT2D eigenvalue weighted by molar-refractivity contribution is 7.91. The summed E-state index contributed by atoms with van der Waals surface area (Å²) in [7, 11) is -4.10. The number of H-pyrrole nitrogens is 1. The van der Waals surface area contributed by atoms with Gasteiger partial charge >= 0.3 is 0 Å². The predicted octanol–water partition coefficient (Wildman–Crippen LogP) is 1.83. The number of hydrogen-bond donors (Lipinski definition) is 2. The minimum absolute atomic E-state index is 0.0155. The average molecular weight is 303 g/mol. The molecule has 1 aromatic heterocycles. The van der Waals surface area contributed by atoms with Crippen LogP contribution in [0.25, 0.3) is 0 Å². The van der Waals surface area contributed by atoms with E-state index in [9.17, 15) is 17.2 Å². The van der Waals surface area contributed by atoms with Gasteiger partial charge < -0.3 is 10.7 Å². The summed E-state index contributed by atoms with van der Waals surface area (Å²) in [4.78, 5) is 5.20. The molecule has 0 unspecified atom stereocenters. The number of benzene rings is 1. The molecule has 0 bridgehead atoms. The molecule has 2 aromatic rings. The number of nitrogen functional groups attached to an aromatic ring is 1. The maximum atomic E-state index is 13.1. The molecular formula is C10H7F2N3O2S2. The van der Waals surface area contributed by atoms with E-state index in [0.717, 1.165) is 18.3 Å². The molecule has 0 atom stereocenters. The molecule has 1 heterocycles. The Labute approximate surface area is 112 Å². The van der Waals surface area contributed by atoms with Crippen LogP contribution < -0.4 is 5.73 Å². The average Bonchev–Trinajstić information content (AvgIpc) is 2.32. The molecule has 3 N–H and O–H groups in total. The van der Waals surface area contributed by atoms with Crippen molar-refractivity contribution in [2.24, 2.45) is 0 Å². The summed E-state index contributed by atoms with van der Waals surface area (Å²) in [6.45, 7) is 0. The highest BCUT2D eigenvalue weighted by atomic mass is 32.2. The first-order valence-corrected chi connectivity index (χ1v) is 6.76. The summed E-state index contributed by atoms with van der Waals surface area (Å²) in [6, 6.07) is 2.23. The van der Waals surface area contributed by atoms with Crippen LogP contribution in [0.5, 0.6) is 0 Å². The summed E-state index contributed by atoms with van der Waals surface area (Å²) in [5, 5.41) is 0. The van der Waals surface area contributed by atoms with Crippen LogP contribution in [0.1, 0.15) is 0 Å². The van der Waals surface area contributed by atoms with Crippen molar-refractivity contribution in [1.29, 1.82) is 0 Å². The number of anilines is 1. The second-order valence-electron chi connectivity index (χ2n) is 3.55. The Hall–Kier alpha value is -1.87. The summed E-state index contributed by atoms with van der Waals surface area (Å²) in [5.41, 5.74) is 5.50. The third kappa shape index (κ3) is 2.47. The first-order chi connectivity index (χ1) is 8.82. The van der Waals surface area contributed by atoms with Crippen molar-refractivity contribution >= 4 is 27.9 Å². The van der Waals surface area contributed by atoms with E-state index in [4.69, 9.17) is 5.73 Å². The zero-order valence-corrected chi connectivity index (χ0v) is 10.9. The highest BCUT2D eigenvalue weighted by Gasteiger charge is 2.22. The van der Waals surface area contributed by atoms with Gasteiger partial charge in [-0.2, -0.15) is 0 Å². The lowest BCUT2D eigenvalue weighted by atomic mass is 10.3. The van der Waals surface area contributed by atoms with Gasteiger partial charge in [-0.05, 0) is 30.4 Å². The Kier molecular flexibility index (Phi) is 3.33. The zero-order chi connectivity index (χ0) is 14.2. The van der Waals surface area contributed by atoms with E-state index in [0.29, 0.717) is 6.07 Å². The number of aromatic amines is 1. The van der Waals surface area contributed by atoms with Crippen LogP contribution in [-0.2, 0) is 9.84 Å². The standard InChI is InChI=1S/C10H7F2N3O2S2/c11-6-2-1-5(3-7(6)12)19(16,17)8-4-14-10(18)15-9(8)13/h1-4H,(H3,13,14,15,18). The van der Waals surface area contributed by atoms with E-state index >= 15 is 0 Å². The number of sulfone groups is 1. The second kappa shape index (κ2) is 4.67. The minimum atomic E-state index is -4.10. The predicted molar refractivity (Wildman–Crippen MR) is 65.6 cm³/mol. The number of nitrogens with two attached hydrogens (primary N) is 1. The Morgan fingerprint density at radius 2 is 1.95 bits per heavy atom. The minimum Gasteiger partial charge on any atom is -0.384 e. The van der Waals surface area contributed by atoms with Crippen LogP contribution in [0.15, 0.2) is 34.2 Å². The molecule has 0 aliphatic carbocycles. The van der Waals surface area contributed by atoms with Gasteiger partial charge in [-0.15, -0.1) is 0 Å². The quantitative estimate of drug-likeness (QED) is 0.652. The van der Waals surface area contributed by atoms with Gasteiger partial charge in [0.1, 0.15) is 10.7 Å². The Morgan fingerprint density at radius 3 is 2.53 bits per heavy atom. The molecule has 5 nitrogen and oxygen atoms in total. The van der Waals surface area contributed by atoms with Gasteiger partial charge in [0.05, 0.1) is 11.1 Å². The van der Waals surface area contributed by atoms with Crippen molar-refractivity contribution in [3.05, 3.63) is 40.8 Å². The van der Waals surface area contributed by atoms with Gasteiger partial charge in [-0.3, -0.25) is 0 Å². The van der Waals surface area contributed by atoms with Crippen molar-refractivity contribution in [3.8, 4) is 0 Å². The summed E-state index contributed by atoms with van der Waals surface area (Å²) in [5.74, 6) is -2.63. The maximum Gasteiger partial charge on any atom is 0.211 e. The summed E-state index contributed by atoms with van der Waals surface area (Å²) < 4.78 is 50.2. The molecule has 0 saturated heterocycles. The number of aromatic nitrogens is 2. The molecule has 9 heteroatoms. The third-order valence-electron chi connectivity index (χ3n) is 2.30. The normalized spacial score (nSPS) is 11.5. The van der Waals surface area contributed by atoms with Crippen LogP contribution in [0, 0.1) is 16.4 Å². The number of nitrogens with one attached hydrogen (secondary N) is 1. The molecule has 19 heavy (non-hydrogen) atoms. The molecule has 0 aliphatic rings. The van der Waals surface area contributed by atoms with E-state index in [1.54, 1.807) is 0 Å². The molecule has 0 amide bonds. The van der Waals surface area contributed by atoms with E-state index in [-0.39, 0.29) is 15.5 Å². The van der Waals surface area contributed by atoms with E-state index in [1.807, 2.05) is 0 Å². The molecule has 0 aliphatic heterocycles. The molecule has 0 fully saturated rings. The highest BCUT2D eigenvalue weighted by Crippen LogP contribution is 2.24. The van der Waals surface area contributed by atoms with Crippen LogP contribution in [0.2, 0.25) is 0 Å². The van der Waals surface area contributed by atoms with Gasteiger partial charge in [0, 0.05) is 0 Å². The molecule has 100 valence electrons. The Balaban J connectivity index is 2.65. The maximum absolute atomic E-state index is 13.1. The number of hydrogen-bond acceptors (Lipinski definition) is 5. The van der Waals surface area contributed by atoms with Crippen molar-refractivity contribution < 1.29 is 17.2 Å². The Bertz CT molecular complexity index is 803. The van der Waals surface area contributed by atoms with E-state index in [2.05, 4.69) is 22.2 Å². The molecule has 0 spiro atoms. The zero-order valence-electron chi connectivity index (χ0n) is 9.22. The van der Waals surface area contributed by atoms with Crippen molar-refractivity contribution in [1.82, 2.24) is 9.97 Å². The van der Waals surface area contributed by atoms with Crippen molar-refractivity contribution in [2.45, 2.75) is 9.79 Å². The fraction of sp³-hybridized carbons (Fsp3) is 0. The van der Waals surface area contributed by atoms with Crippen LogP contribution in [0.4, 0.5) is 14.6 Å². The lowest BCUT2D eigenvalue weighted by molar-refractivity contribution is 0.504. The lowest BCUT2D eigenvalue weighted by Gasteiger charge is -2.07. The molecule has 2 rings (SSSR count). The topological polar surface area (TPSA) is 88.8 Å². The van der Waals surface area contributed by atoms with Crippen LogP contribution in [0.3, 0.4) is 0 Å². The fourth-order valence-electron chi connectivity index (χ4n) is 1.38. The largest absolute Gasteiger partial charge is 0.384 e. The van der Waals surface area contributed by atoms with Gasteiger partial charge in [0.25, 0.3) is 0 Å². The first-order valence-electron chi connectivity index (χ1n) is 4.87. The SMILES string of the molecule is Nc1[nH]c(=S)ncc1S(=O)(=O)c1ccc(F)c(F)c1. The Morgan fingerprint density at radius 1 is 1.26 bits per heavy atom. The number of rotatable bonds is 2. The smallest absolute Gasteiger partial charge is 0.211 e. The summed E-state index contributed by atoms with van der Waals surface area (Å²) >= 11 is 4.69. The monoisotopic (exact) mass is 303 g/mol. The molecule has 1 aromatic carbocycles. The van der Waals surface area contributed by atoms with Gasteiger partial charge in [-0.1, -0.05) is 0 Å². The van der Waals surface area contributed by atoms with Crippen LogP contribution >= 0.6 is 12.2 Å². The first kappa shape index (κ1) is 13.6. The molecule has 0 radical (unpaired) electrons. The van der Waals surface area contributed by atoms with Crippen molar-refractivity contribution in [2.75, 3.05) is 5.73 Å². The fourth-order valence-corrected chi connectivity index (χ4v) is 2.84. The van der Waals surface area contributed by atoms with E-state index in [1.165, 1.54) is 0 Å². The van der Waals surface area contributed by atoms with Gasteiger partial charge in [0.15, 0.2) is 16.4 Å². The summed E-state index contributed by atoms with van der Waals surface area (Å²) in [6.07, 6.45) is 0.963.